The van der Waals surface area contributed by atoms with E-state index in [1.807, 2.05) is 19.1 Å². The maximum absolute atomic E-state index is 12.3. The van der Waals surface area contributed by atoms with Gasteiger partial charge in [-0.1, -0.05) is 127 Å². The molecular formula is C26H46O2S. The normalized spacial score (nSPS) is 11.8. The molecule has 29 heavy (non-hydrogen) atoms. The number of aryl methyl sites for hydroxylation is 1. The molecule has 0 fully saturated rings. The number of unbranched alkanes of at least 4 members (excludes halogenated alkanes) is 16. The largest absolute Gasteiger partial charge is 0.224 e. The Kier molecular flexibility index (Phi) is 15.3. The van der Waals surface area contributed by atoms with E-state index in [-0.39, 0.29) is 5.75 Å². The lowest BCUT2D eigenvalue weighted by molar-refractivity contribution is 0.528. The number of benzene rings is 1. The van der Waals surface area contributed by atoms with E-state index in [4.69, 9.17) is 0 Å². The Labute approximate surface area is 181 Å². The highest BCUT2D eigenvalue weighted by Gasteiger charge is 2.13. The van der Waals surface area contributed by atoms with Gasteiger partial charge in [0.1, 0.15) is 0 Å². The van der Waals surface area contributed by atoms with Crippen LogP contribution in [0.25, 0.3) is 0 Å². The first-order valence-electron chi connectivity index (χ1n) is 12.4. The molecule has 0 radical (unpaired) electrons. The summed E-state index contributed by atoms with van der Waals surface area (Å²) in [6.07, 6.45) is 22.4. The third-order valence-corrected chi connectivity index (χ3v) is 7.71. The Bertz CT molecular complexity index is 590. The average Bonchev–Trinajstić information content (AvgIpc) is 2.70. The lowest BCUT2D eigenvalue weighted by Gasteiger charge is -2.05. The molecule has 0 aliphatic carbocycles. The second kappa shape index (κ2) is 16.9. The predicted octanol–water partition coefficient (Wildman–Crippen LogP) is 8.42. The summed E-state index contributed by atoms with van der Waals surface area (Å²) in [5.41, 5.74) is 1.10. The Morgan fingerprint density at radius 2 is 0.897 bits per heavy atom. The highest BCUT2D eigenvalue weighted by molar-refractivity contribution is 7.91. The van der Waals surface area contributed by atoms with Gasteiger partial charge in [0.2, 0.25) is 0 Å². The molecule has 0 unspecified atom stereocenters. The molecule has 1 rings (SSSR count). The summed E-state index contributed by atoms with van der Waals surface area (Å²) in [5, 5.41) is 0. The van der Waals surface area contributed by atoms with Gasteiger partial charge in [0.05, 0.1) is 10.6 Å². The van der Waals surface area contributed by atoms with Crippen LogP contribution in [-0.2, 0) is 9.84 Å². The summed E-state index contributed by atoms with van der Waals surface area (Å²) in [7, 11) is -3.10. The van der Waals surface area contributed by atoms with E-state index in [2.05, 4.69) is 6.92 Å². The standard InChI is InChI=1S/C26H46O2S/c1-3-4-5-6-7-8-9-10-11-12-13-14-15-16-17-18-19-24-29(27,28)26-22-20-25(2)21-23-26/h20-23H,3-19,24H2,1-2H3. The Morgan fingerprint density at radius 3 is 1.28 bits per heavy atom. The second-order valence-corrected chi connectivity index (χ2v) is 10.9. The first kappa shape index (κ1) is 26.2. The van der Waals surface area contributed by atoms with Crippen LogP contribution >= 0.6 is 0 Å². The van der Waals surface area contributed by atoms with Crippen molar-refractivity contribution in [2.75, 3.05) is 5.75 Å². The van der Waals surface area contributed by atoms with Crippen LogP contribution in [0.5, 0.6) is 0 Å². The van der Waals surface area contributed by atoms with E-state index >= 15 is 0 Å². The summed E-state index contributed by atoms with van der Waals surface area (Å²) in [6.45, 7) is 4.26. The molecule has 0 aliphatic rings. The topological polar surface area (TPSA) is 34.1 Å². The Hall–Kier alpha value is -0.830. The van der Waals surface area contributed by atoms with Crippen LogP contribution < -0.4 is 0 Å². The van der Waals surface area contributed by atoms with Crippen molar-refractivity contribution in [3.05, 3.63) is 29.8 Å². The van der Waals surface area contributed by atoms with Gasteiger partial charge in [-0.3, -0.25) is 0 Å². The fourth-order valence-corrected chi connectivity index (χ4v) is 5.25. The summed E-state index contributed by atoms with van der Waals surface area (Å²) in [4.78, 5) is 0.472. The smallest absolute Gasteiger partial charge is 0.178 e. The third kappa shape index (κ3) is 13.9. The fraction of sp³-hybridized carbons (Fsp3) is 0.769. The summed E-state index contributed by atoms with van der Waals surface area (Å²) in [6, 6.07) is 7.22. The van der Waals surface area contributed by atoms with Crippen LogP contribution in [0.2, 0.25) is 0 Å². The van der Waals surface area contributed by atoms with Gasteiger partial charge in [0.15, 0.2) is 9.84 Å². The van der Waals surface area contributed by atoms with Gasteiger partial charge in [0.25, 0.3) is 0 Å². The molecule has 3 heteroatoms. The van der Waals surface area contributed by atoms with Crippen molar-refractivity contribution in [3.63, 3.8) is 0 Å². The molecule has 0 saturated carbocycles. The van der Waals surface area contributed by atoms with E-state index in [0.717, 1.165) is 18.4 Å². The zero-order valence-electron chi connectivity index (χ0n) is 19.3. The lowest BCUT2D eigenvalue weighted by atomic mass is 10.0. The monoisotopic (exact) mass is 422 g/mol. The van der Waals surface area contributed by atoms with E-state index in [1.165, 1.54) is 96.3 Å². The molecule has 0 amide bonds. The molecule has 0 heterocycles. The van der Waals surface area contributed by atoms with Crippen molar-refractivity contribution in [1.82, 2.24) is 0 Å². The zero-order valence-corrected chi connectivity index (χ0v) is 20.1. The quantitative estimate of drug-likeness (QED) is 0.210. The summed E-state index contributed by atoms with van der Waals surface area (Å²) >= 11 is 0. The van der Waals surface area contributed by atoms with Crippen LogP contribution in [0.15, 0.2) is 29.2 Å². The molecule has 0 bridgehead atoms. The maximum Gasteiger partial charge on any atom is 0.178 e. The molecule has 1 aromatic rings. The maximum atomic E-state index is 12.3. The molecule has 0 spiro atoms. The fourth-order valence-electron chi connectivity index (χ4n) is 3.88. The van der Waals surface area contributed by atoms with Crippen molar-refractivity contribution in [2.45, 2.75) is 128 Å². The number of sulfone groups is 1. The van der Waals surface area contributed by atoms with Crippen LogP contribution in [0, 0.1) is 6.92 Å². The summed E-state index contributed by atoms with van der Waals surface area (Å²) < 4.78 is 24.6. The predicted molar refractivity (Wildman–Crippen MR) is 127 cm³/mol. The molecule has 168 valence electrons. The van der Waals surface area contributed by atoms with E-state index < -0.39 is 9.84 Å². The third-order valence-electron chi connectivity index (χ3n) is 5.90. The molecule has 0 N–H and O–H groups in total. The Morgan fingerprint density at radius 1 is 0.552 bits per heavy atom. The van der Waals surface area contributed by atoms with Gasteiger partial charge in [-0.2, -0.15) is 0 Å². The number of rotatable bonds is 19. The van der Waals surface area contributed by atoms with Gasteiger partial charge in [-0.25, -0.2) is 8.42 Å². The van der Waals surface area contributed by atoms with Crippen molar-refractivity contribution in [1.29, 1.82) is 0 Å². The van der Waals surface area contributed by atoms with E-state index in [9.17, 15) is 8.42 Å². The van der Waals surface area contributed by atoms with Gasteiger partial charge in [0, 0.05) is 0 Å². The van der Waals surface area contributed by atoms with Gasteiger partial charge < -0.3 is 0 Å². The molecule has 0 atom stereocenters. The highest BCUT2D eigenvalue weighted by atomic mass is 32.2. The van der Waals surface area contributed by atoms with Crippen molar-refractivity contribution >= 4 is 9.84 Å². The lowest BCUT2D eigenvalue weighted by Crippen LogP contribution is -2.06. The van der Waals surface area contributed by atoms with Gasteiger partial charge in [-0.05, 0) is 25.5 Å². The van der Waals surface area contributed by atoms with E-state index in [0.29, 0.717) is 4.90 Å². The van der Waals surface area contributed by atoms with Crippen molar-refractivity contribution in [3.8, 4) is 0 Å². The number of hydrogen-bond acceptors (Lipinski definition) is 2. The van der Waals surface area contributed by atoms with Crippen LogP contribution in [0.1, 0.15) is 122 Å². The first-order chi connectivity index (χ1) is 14.1. The minimum Gasteiger partial charge on any atom is -0.224 e. The van der Waals surface area contributed by atoms with Crippen LogP contribution in [0.4, 0.5) is 0 Å². The second-order valence-electron chi connectivity index (χ2n) is 8.79. The molecular weight excluding hydrogens is 376 g/mol. The van der Waals surface area contributed by atoms with Crippen LogP contribution in [0.3, 0.4) is 0 Å². The van der Waals surface area contributed by atoms with E-state index in [1.54, 1.807) is 12.1 Å². The molecule has 0 saturated heterocycles. The average molecular weight is 423 g/mol. The minimum atomic E-state index is -3.10. The van der Waals surface area contributed by atoms with Crippen molar-refractivity contribution in [2.24, 2.45) is 0 Å². The first-order valence-corrected chi connectivity index (χ1v) is 14.0. The van der Waals surface area contributed by atoms with Crippen LogP contribution in [-0.4, -0.2) is 14.2 Å². The highest BCUT2D eigenvalue weighted by Crippen LogP contribution is 2.16. The summed E-state index contributed by atoms with van der Waals surface area (Å²) in [5.74, 6) is 0.286. The minimum absolute atomic E-state index is 0.286. The SMILES string of the molecule is CCCCCCCCCCCCCCCCCCCS(=O)(=O)c1ccc(C)cc1. The van der Waals surface area contributed by atoms with Gasteiger partial charge in [-0.15, -0.1) is 0 Å². The number of hydrogen-bond donors (Lipinski definition) is 0. The molecule has 0 aromatic heterocycles. The molecule has 1 aromatic carbocycles. The Balaban J connectivity index is 1.86. The van der Waals surface area contributed by atoms with Crippen molar-refractivity contribution < 1.29 is 8.42 Å². The molecule has 2 nitrogen and oxygen atoms in total. The molecule has 0 aliphatic heterocycles. The van der Waals surface area contributed by atoms with Gasteiger partial charge >= 0.3 is 0 Å². The zero-order chi connectivity index (χ0) is 21.2.